The van der Waals surface area contributed by atoms with Crippen LogP contribution >= 0.6 is 15.9 Å². The van der Waals surface area contributed by atoms with E-state index >= 15 is 0 Å². The molecule has 1 unspecified atom stereocenters. The highest BCUT2D eigenvalue weighted by molar-refractivity contribution is 9.10. The molecule has 2 rings (SSSR count). The van der Waals surface area contributed by atoms with Gasteiger partial charge in [0.05, 0.1) is 10.5 Å². The van der Waals surface area contributed by atoms with Crippen molar-refractivity contribution in [2.45, 2.75) is 6.04 Å². The van der Waals surface area contributed by atoms with Gasteiger partial charge in [-0.05, 0) is 22.0 Å². The molecule has 1 aromatic rings. The standard InChI is InChI=1S/C9H6BrF2NO2/c10-7-5(11)2-1-4(8(7)12)6-3-15-9(14)13-6/h1-2,6H,3H2,(H,13,14). The molecule has 0 aromatic heterocycles. The Bertz CT molecular complexity index is 425. The maximum atomic E-state index is 13.5. The van der Waals surface area contributed by atoms with Gasteiger partial charge >= 0.3 is 6.09 Å². The maximum Gasteiger partial charge on any atom is 0.407 e. The Morgan fingerprint density at radius 2 is 2.20 bits per heavy atom. The number of nitrogens with one attached hydrogen (secondary N) is 1. The number of halogens is 3. The summed E-state index contributed by atoms with van der Waals surface area (Å²) in [5, 5.41) is 2.41. The van der Waals surface area contributed by atoms with E-state index in [1.807, 2.05) is 0 Å². The molecule has 1 aliphatic rings. The normalized spacial score (nSPS) is 19.9. The van der Waals surface area contributed by atoms with Crippen LogP contribution in [0.4, 0.5) is 13.6 Å². The Morgan fingerprint density at radius 1 is 1.47 bits per heavy atom. The van der Waals surface area contributed by atoms with E-state index in [0.29, 0.717) is 0 Å². The van der Waals surface area contributed by atoms with Crippen molar-refractivity contribution in [1.29, 1.82) is 0 Å². The van der Waals surface area contributed by atoms with E-state index < -0.39 is 23.8 Å². The molecule has 1 fully saturated rings. The molecule has 1 aliphatic heterocycles. The fourth-order valence-corrected chi connectivity index (χ4v) is 1.72. The average Bonchev–Trinajstić information content (AvgIpc) is 2.61. The Labute approximate surface area is 92.5 Å². The Balaban J connectivity index is 2.37. The molecule has 80 valence electrons. The molecule has 0 aliphatic carbocycles. The van der Waals surface area contributed by atoms with Gasteiger partial charge in [-0.15, -0.1) is 0 Å². The molecule has 3 nitrogen and oxygen atoms in total. The van der Waals surface area contributed by atoms with Gasteiger partial charge in [0.1, 0.15) is 18.2 Å². The monoisotopic (exact) mass is 277 g/mol. The predicted octanol–water partition coefficient (Wildman–Crippen LogP) is 2.51. The lowest BCUT2D eigenvalue weighted by Gasteiger charge is -2.10. The van der Waals surface area contributed by atoms with Gasteiger partial charge in [-0.2, -0.15) is 0 Å². The lowest BCUT2D eigenvalue weighted by Crippen LogP contribution is -2.19. The number of cyclic esters (lactones) is 1. The fourth-order valence-electron chi connectivity index (χ4n) is 1.36. The van der Waals surface area contributed by atoms with Crippen LogP contribution in [0.15, 0.2) is 16.6 Å². The molecule has 1 amide bonds. The van der Waals surface area contributed by atoms with E-state index in [2.05, 4.69) is 26.0 Å². The first kappa shape index (κ1) is 10.4. The highest BCUT2D eigenvalue weighted by Gasteiger charge is 2.27. The van der Waals surface area contributed by atoms with Crippen LogP contribution in [0.2, 0.25) is 0 Å². The molecule has 1 aromatic carbocycles. The first-order chi connectivity index (χ1) is 7.09. The lowest BCUT2D eigenvalue weighted by atomic mass is 10.1. The summed E-state index contributed by atoms with van der Waals surface area (Å²) in [4.78, 5) is 10.7. The third-order valence-corrected chi connectivity index (χ3v) is 2.84. The van der Waals surface area contributed by atoms with Gasteiger partial charge in [0.15, 0.2) is 0 Å². The average molecular weight is 278 g/mol. The zero-order valence-corrected chi connectivity index (χ0v) is 8.98. The molecule has 6 heteroatoms. The number of benzene rings is 1. The maximum absolute atomic E-state index is 13.5. The van der Waals surface area contributed by atoms with E-state index in [1.165, 1.54) is 6.07 Å². The molecular weight excluding hydrogens is 272 g/mol. The summed E-state index contributed by atoms with van der Waals surface area (Å²) >= 11 is 2.79. The van der Waals surface area contributed by atoms with E-state index in [4.69, 9.17) is 0 Å². The highest BCUT2D eigenvalue weighted by atomic mass is 79.9. The van der Waals surface area contributed by atoms with Crippen LogP contribution < -0.4 is 5.32 Å². The molecule has 0 spiro atoms. The minimum Gasteiger partial charge on any atom is -0.447 e. The number of hydrogen-bond donors (Lipinski definition) is 1. The molecule has 15 heavy (non-hydrogen) atoms. The zero-order valence-electron chi connectivity index (χ0n) is 7.39. The van der Waals surface area contributed by atoms with Crippen LogP contribution in [-0.2, 0) is 4.74 Å². The van der Waals surface area contributed by atoms with E-state index in [1.54, 1.807) is 0 Å². The second kappa shape index (κ2) is 3.77. The summed E-state index contributed by atoms with van der Waals surface area (Å²) in [5.41, 5.74) is 0.203. The minimum absolute atomic E-state index is 0.0494. The van der Waals surface area contributed by atoms with Crippen molar-refractivity contribution < 1.29 is 18.3 Å². The van der Waals surface area contributed by atoms with Gasteiger partial charge in [0, 0.05) is 5.56 Å². The smallest absolute Gasteiger partial charge is 0.407 e. The van der Waals surface area contributed by atoms with Crippen LogP contribution in [0.5, 0.6) is 0 Å². The summed E-state index contributed by atoms with van der Waals surface area (Å²) in [5.74, 6) is -1.40. The molecule has 1 N–H and O–H groups in total. The number of carbonyl (C=O) groups excluding carboxylic acids is 1. The van der Waals surface area contributed by atoms with Crippen molar-refractivity contribution in [1.82, 2.24) is 5.32 Å². The minimum atomic E-state index is -0.717. The van der Waals surface area contributed by atoms with E-state index in [0.717, 1.165) is 6.07 Å². The van der Waals surface area contributed by atoms with Gasteiger partial charge in [-0.25, -0.2) is 13.6 Å². The summed E-state index contributed by atoms with van der Waals surface area (Å²) in [6.07, 6.45) is -0.597. The summed E-state index contributed by atoms with van der Waals surface area (Å²) < 4.78 is 30.8. The summed E-state index contributed by atoms with van der Waals surface area (Å²) in [6, 6.07) is 1.86. The number of alkyl carbamates (subject to hydrolysis) is 1. The molecular formula is C9H6BrF2NO2. The molecule has 0 saturated carbocycles. The van der Waals surface area contributed by atoms with Gasteiger partial charge in [-0.3, -0.25) is 0 Å². The first-order valence-corrected chi connectivity index (χ1v) is 4.95. The number of ether oxygens (including phenoxy) is 1. The number of hydrogen-bond acceptors (Lipinski definition) is 2. The number of amides is 1. The Morgan fingerprint density at radius 3 is 2.80 bits per heavy atom. The van der Waals surface area contributed by atoms with Crippen molar-refractivity contribution in [3.05, 3.63) is 33.8 Å². The number of carbonyl (C=O) groups is 1. The topological polar surface area (TPSA) is 38.3 Å². The van der Waals surface area contributed by atoms with E-state index in [9.17, 15) is 13.6 Å². The largest absolute Gasteiger partial charge is 0.447 e. The first-order valence-electron chi connectivity index (χ1n) is 4.16. The van der Waals surface area contributed by atoms with Crippen LogP contribution in [0.1, 0.15) is 11.6 Å². The third kappa shape index (κ3) is 1.81. The number of rotatable bonds is 1. The highest BCUT2D eigenvalue weighted by Crippen LogP contribution is 2.28. The zero-order chi connectivity index (χ0) is 11.0. The van der Waals surface area contributed by atoms with Crippen molar-refractivity contribution in [3.8, 4) is 0 Å². The molecule has 0 radical (unpaired) electrons. The SMILES string of the molecule is O=C1NC(c2ccc(F)c(Br)c2F)CO1. The van der Waals surface area contributed by atoms with Crippen molar-refractivity contribution in [2.24, 2.45) is 0 Å². The molecule has 0 bridgehead atoms. The predicted molar refractivity (Wildman–Crippen MR) is 51.3 cm³/mol. The van der Waals surface area contributed by atoms with Crippen LogP contribution in [0.3, 0.4) is 0 Å². The summed E-state index contributed by atoms with van der Waals surface area (Å²) in [6.45, 7) is 0.0494. The van der Waals surface area contributed by atoms with Crippen LogP contribution in [-0.4, -0.2) is 12.7 Å². The quantitative estimate of drug-likeness (QED) is 0.801. The van der Waals surface area contributed by atoms with Crippen molar-refractivity contribution in [3.63, 3.8) is 0 Å². The lowest BCUT2D eigenvalue weighted by molar-refractivity contribution is 0.176. The summed E-state index contributed by atoms with van der Waals surface area (Å²) in [7, 11) is 0. The van der Waals surface area contributed by atoms with E-state index in [-0.39, 0.29) is 16.6 Å². The third-order valence-electron chi connectivity index (χ3n) is 2.11. The molecule has 1 atom stereocenters. The Hall–Kier alpha value is -1.17. The van der Waals surface area contributed by atoms with Gasteiger partial charge in [0.25, 0.3) is 0 Å². The van der Waals surface area contributed by atoms with Gasteiger partial charge in [-0.1, -0.05) is 6.07 Å². The van der Waals surface area contributed by atoms with Gasteiger partial charge in [0.2, 0.25) is 0 Å². The van der Waals surface area contributed by atoms with Crippen molar-refractivity contribution in [2.75, 3.05) is 6.61 Å². The van der Waals surface area contributed by atoms with Gasteiger partial charge < -0.3 is 10.1 Å². The molecule has 1 saturated heterocycles. The second-order valence-electron chi connectivity index (χ2n) is 3.06. The Kier molecular flexibility index (Phi) is 2.60. The fraction of sp³-hybridized carbons (Fsp3) is 0.222. The van der Waals surface area contributed by atoms with Crippen molar-refractivity contribution >= 4 is 22.0 Å². The van der Waals surface area contributed by atoms with Crippen LogP contribution in [0, 0.1) is 11.6 Å². The molecule has 1 heterocycles. The van der Waals surface area contributed by atoms with Crippen LogP contribution in [0.25, 0.3) is 0 Å². The second-order valence-corrected chi connectivity index (χ2v) is 3.85.